The molecule has 11 heteroatoms. The van der Waals surface area contributed by atoms with Gasteiger partial charge in [0.25, 0.3) is 5.91 Å². The Morgan fingerprint density at radius 3 is 2.52 bits per heavy atom. The maximum absolute atomic E-state index is 12.9. The van der Waals surface area contributed by atoms with Crippen molar-refractivity contribution >= 4 is 29.2 Å². The fourth-order valence-corrected chi connectivity index (χ4v) is 3.28. The third kappa shape index (κ3) is 5.20. The van der Waals surface area contributed by atoms with E-state index in [4.69, 9.17) is 11.6 Å². The number of halogens is 4. The van der Waals surface area contributed by atoms with E-state index in [1.807, 2.05) is 0 Å². The number of aryl methyl sites for hydroxylation is 1. The van der Waals surface area contributed by atoms with E-state index in [1.54, 1.807) is 13.2 Å². The smallest absolute Gasteiger partial charge is 0.349 e. The Balaban J connectivity index is 1.53. The van der Waals surface area contributed by atoms with Crippen LogP contribution in [0.1, 0.15) is 28.8 Å². The number of alkyl halides is 3. The maximum atomic E-state index is 12.9. The summed E-state index contributed by atoms with van der Waals surface area (Å²) in [5, 5.41) is 8.88. The van der Waals surface area contributed by atoms with Gasteiger partial charge in [-0.15, -0.1) is 0 Å². The number of likely N-dealkylation sites (tertiary alicyclic amines) is 1. The highest BCUT2D eigenvalue weighted by Crippen LogP contribution is 2.36. The third-order valence-corrected chi connectivity index (χ3v) is 4.94. The highest BCUT2D eigenvalue weighted by Gasteiger charge is 2.33. The first-order valence-electron chi connectivity index (χ1n) is 8.85. The van der Waals surface area contributed by atoms with Crippen molar-refractivity contribution in [2.45, 2.75) is 25.1 Å². The van der Waals surface area contributed by atoms with Crippen molar-refractivity contribution in [3.8, 4) is 0 Å². The molecular weight excluding hydrogens is 411 g/mol. The zero-order valence-corrected chi connectivity index (χ0v) is 16.2. The van der Waals surface area contributed by atoms with Gasteiger partial charge in [-0.05, 0) is 31.0 Å². The summed E-state index contributed by atoms with van der Waals surface area (Å²) in [5.41, 5.74) is -0.539. The molecular formula is C18H19ClF3N5O2. The number of nitrogens with zero attached hydrogens (tertiary/aromatic N) is 3. The van der Waals surface area contributed by atoms with Crippen LogP contribution in [0.25, 0.3) is 0 Å². The quantitative estimate of drug-likeness (QED) is 0.783. The van der Waals surface area contributed by atoms with E-state index in [9.17, 15) is 22.8 Å². The number of hydrogen-bond donors (Lipinski definition) is 2. The van der Waals surface area contributed by atoms with Crippen molar-refractivity contribution in [2.75, 3.05) is 18.4 Å². The van der Waals surface area contributed by atoms with Gasteiger partial charge in [-0.3, -0.25) is 9.48 Å². The standard InChI is InChI=1S/C18H19ClF3N5O2/c1-26-10-11(9-23-26)16(28)24-12-4-6-27(7-5-12)17(29)25-13-2-3-15(19)14(8-13)18(20,21)22/h2-3,8-10,12H,4-7H2,1H3,(H,24,28)(H,25,29). The molecule has 0 unspecified atom stereocenters. The largest absolute Gasteiger partial charge is 0.417 e. The molecule has 1 aromatic carbocycles. The van der Waals surface area contributed by atoms with E-state index in [-0.39, 0.29) is 17.6 Å². The number of benzene rings is 1. The molecule has 0 atom stereocenters. The molecule has 2 N–H and O–H groups in total. The van der Waals surface area contributed by atoms with Gasteiger partial charge in [0.2, 0.25) is 0 Å². The van der Waals surface area contributed by atoms with Gasteiger partial charge < -0.3 is 15.5 Å². The van der Waals surface area contributed by atoms with Crippen LogP contribution in [0, 0.1) is 0 Å². The zero-order chi connectivity index (χ0) is 21.2. The van der Waals surface area contributed by atoms with E-state index in [2.05, 4.69) is 15.7 Å². The minimum atomic E-state index is -4.61. The number of carbonyl (C=O) groups is 2. The molecule has 1 fully saturated rings. The molecule has 0 aliphatic carbocycles. The van der Waals surface area contributed by atoms with Gasteiger partial charge in [-0.25, -0.2) is 4.79 Å². The number of hydrogen-bond acceptors (Lipinski definition) is 3. The predicted molar refractivity (Wildman–Crippen MR) is 101 cm³/mol. The topological polar surface area (TPSA) is 79.3 Å². The summed E-state index contributed by atoms with van der Waals surface area (Å²) in [6.07, 6.45) is -0.456. The fourth-order valence-electron chi connectivity index (χ4n) is 3.06. The van der Waals surface area contributed by atoms with Crippen molar-refractivity contribution in [2.24, 2.45) is 7.05 Å². The van der Waals surface area contributed by atoms with Crippen LogP contribution in [0.4, 0.5) is 23.7 Å². The summed E-state index contributed by atoms with van der Waals surface area (Å²) in [6.45, 7) is 0.729. The lowest BCUT2D eigenvalue weighted by atomic mass is 10.0. The van der Waals surface area contributed by atoms with Gasteiger partial charge in [-0.1, -0.05) is 11.6 Å². The lowest BCUT2D eigenvalue weighted by Gasteiger charge is -2.32. The first-order chi connectivity index (χ1) is 13.6. The van der Waals surface area contributed by atoms with Gasteiger partial charge >= 0.3 is 12.2 Å². The number of piperidine rings is 1. The molecule has 156 valence electrons. The molecule has 1 aliphatic heterocycles. The second-order valence-corrected chi connectivity index (χ2v) is 7.17. The van der Waals surface area contributed by atoms with Crippen LogP contribution >= 0.6 is 11.6 Å². The van der Waals surface area contributed by atoms with Gasteiger partial charge in [0, 0.05) is 38.1 Å². The van der Waals surface area contributed by atoms with Crippen LogP contribution in [0.5, 0.6) is 0 Å². The van der Waals surface area contributed by atoms with E-state index < -0.39 is 22.8 Å². The maximum Gasteiger partial charge on any atom is 0.417 e. The Hall–Kier alpha value is -2.75. The van der Waals surface area contributed by atoms with Gasteiger partial charge in [0.15, 0.2) is 0 Å². The molecule has 0 spiro atoms. The molecule has 1 aliphatic rings. The van der Waals surface area contributed by atoms with E-state index in [0.717, 1.165) is 12.1 Å². The Morgan fingerprint density at radius 1 is 1.24 bits per heavy atom. The van der Waals surface area contributed by atoms with Crippen molar-refractivity contribution in [3.63, 3.8) is 0 Å². The highest BCUT2D eigenvalue weighted by molar-refractivity contribution is 6.31. The Bertz CT molecular complexity index is 907. The molecule has 29 heavy (non-hydrogen) atoms. The first kappa shape index (κ1) is 21.0. The highest BCUT2D eigenvalue weighted by atomic mass is 35.5. The molecule has 3 rings (SSSR count). The van der Waals surface area contributed by atoms with Crippen LogP contribution in [0.15, 0.2) is 30.6 Å². The number of urea groups is 1. The SMILES string of the molecule is Cn1cc(C(=O)NC2CCN(C(=O)Nc3ccc(Cl)c(C(F)(F)F)c3)CC2)cn1. The number of carbonyl (C=O) groups excluding carboxylic acids is 2. The predicted octanol–water partition coefficient (Wildman–Crippen LogP) is 3.52. The Morgan fingerprint density at radius 2 is 1.93 bits per heavy atom. The molecule has 3 amide bonds. The molecule has 1 aromatic heterocycles. The summed E-state index contributed by atoms with van der Waals surface area (Å²) in [4.78, 5) is 26.0. The normalized spacial score (nSPS) is 15.3. The van der Waals surface area contributed by atoms with Crippen LogP contribution in [0.3, 0.4) is 0 Å². The summed E-state index contributed by atoms with van der Waals surface area (Å²) >= 11 is 5.59. The van der Waals surface area contributed by atoms with Crippen molar-refractivity contribution in [1.29, 1.82) is 0 Å². The minimum absolute atomic E-state index is 0.0127. The lowest BCUT2D eigenvalue weighted by Crippen LogP contribution is -2.47. The Kier molecular flexibility index (Phi) is 6.02. The minimum Gasteiger partial charge on any atom is -0.349 e. The monoisotopic (exact) mass is 429 g/mol. The second-order valence-electron chi connectivity index (χ2n) is 6.76. The van der Waals surface area contributed by atoms with Crippen molar-refractivity contribution in [3.05, 3.63) is 46.7 Å². The molecule has 7 nitrogen and oxygen atoms in total. The van der Waals surface area contributed by atoms with Crippen molar-refractivity contribution in [1.82, 2.24) is 20.0 Å². The molecule has 0 bridgehead atoms. The number of aromatic nitrogens is 2. The third-order valence-electron chi connectivity index (χ3n) is 4.61. The lowest BCUT2D eigenvalue weighted by molar-refractivity contribution is -0.137. The second kappa shape index (κ2) is 8.32. The average Bonchev–Trinajstić information content (AvgIpc) is 3.09. The van der Waals surface area contributed by atoms with Gasteiger partial charge in [-0.2, -0.15) is 18.3 Å². The van der Waals surface area contributed by atoms with Gasteiger partial charge in [0.05, 0.1) is 22.3 Å². The van der Waals surface area contributed by atoms with E-state index in [1.165, 1.54) is 21.8 Å². The molecule has 2 heterocycles. The summed E-state index contributed by atoms with van der Waals surface area (Å²) in [7, 11) is 1.71. The fraction of sp³-hybridized carbons (Fsp3) is 0.389. The molecule has 2 aromatic rings. The van der Waals surface area contributed by atoms with Crippen LogP contribution in [-0.4, -0.2) is 45.8 Å². The summed E-state index contributed by atoms with van der Waals surface area (Å²) < 4.78 is 40.4. The number of rotatable bonds is 3. The van der Waals surface area contributed by atoms with Crippen LogP contribution < -0.4 is 10.6 Å². The zero-order valence-electron chi connectivity index (χ0n) is 15.5. The summed E-state index contributed by atoms with van der Waals surface area (Å²) in [5.74, 6) is -0.234. The van der Waals surface area contributed by atoms with E-state index >= 15 is 0 Å². The Labute approximate surface area is 169 Å². The first-order valence-corrected chi connectivity index (χ1v) is 9.23. The molecule has 0 radical (unpaired) electrons. The number of amides is 3. The van der Waals surface area contributed by atoms with Gasteiger partial charge in [0.1, 0.15) is 0 Å². The number of anilines is 1. The van der Waals surface area contributed by atoms with Crippen LogP contribution in [0.2, 0.25) is 5.02 Å². The van der Waals surface area contributed by atoms with Crippen LogP contribution in [-0.2, 0) is 13.2 Å². The van der Waals surface area contributed by atoms with Crippen molar-refractivity contribution < 1.29 is 22.8 Å². The molecule has 0 saturated carbocycles. The summed E-state index contributed by atoms with van der Waals surface area (Å²) in [6, 6.07) is 2.62. The molecule has 1 saturated heterocycles. The van der Waals surface area contributed by atoms with E-state index in [0.29, 0.717) is 31.5 Å². The number of nitrogens with one attached hydrogen (secondary N) is 2. The average molecular weight is 430 g/mol.